The van der Waals surface area contributed by atoms with Crippen molar-refractivity contribution in [2.24, 2.45) is 4.99 Å². The second-order valence-corrected chi connectivity index (χ2v) is 9.08. The Morgan fingerprint density at radius 2 is 1.51 bits per heavy atom. The van der Waals surface area contributed by atoms with Gasteiger partial charge >= 0.3 is 23.9 Å². The first-order valence-corrected chi connectivity index (χ1v) is 12.1. The zero-order chi connectivity index (χ0) is 27.1. The summed E-state index contributed by atoms with van der Waals surface area (Å²) in [5.74, 6) is -3.27. The Hall–Kier alpha value is -3.71. The first-order chi connectivity index (χ1) is 17.5. The topological polar surface area (TPSA) is 156 Å². The third kappa shape index (κ3) is 7.89. The minimum atomic E-state index is -1.31. The minimum absolute atomic E-state index is 0.132. The van der Waals surface area contributed by atoms with Gasteiger partial charge in [0, 0.05) is 27.7 Å². The SMILES string of the molecule is CC(=O)OC[C@H]1O[C@@H](SC2=N/C(=C\c3ccccc3)C(=O)N2)[C@H](OC(C)=O)[C@@H](OC(C)=O)[C@@H]1OC(C)=O. The number of hydrogen-bond donors (Lipinski definition) is 1. The first-order valence-electron chi connectivity index (χ1n) is 11.2. The Balaban J connectivity index is 1.94. The van der Waals surface area contributed by atoms with Crippen molar-refractivity contribution in [2.75, 3.05) is 6.61 Å². The van der Waals surface area contributed by atoms with Gasteiger partial charge in [0.2, 0.25) is 0 Å². The van der Waals surface area contributed by atoms with Gasteiger partial charge in [-0.2, -0.15) is 0 Å². The predicted octanol–water partition coefficient (Wildman–Crippen LogP) is 1.33. The number of hydrogen-bond acceptors (Lipinski definition) is 12. The van der Waals surface area contributed by atoms with Crippen molar-refractivity contribution in [3.05, 3.63) is 41.6 Å². The molecule has 3 rings (SSSR count). The van der Waals surface area contributed by atoms with E-state index in [1.54, 1.807) is 18.2 Å². The van der Waals surface area contributed by atoms with Gasteiger partial charge in [-0.15, -0.1) is 0 Å². The van der Waals surface area contributed by atoms with Crippen LogP contribution in [0.25, 0.3) is 6.08 Å². The van der Waals surface area contributed by atoms with E-state index in [0.717, 1.165) is 38.1 Å². The van der Waals surface area contributed by atoms with E-state index >= 15 is 0 Å². The number of amidine groups is 1. The third-order valence-corrected chi connectivity index (χ3v) is 5.98. The van der Waals surface area contributed by atoms with Gasteiger partial charge in [-0.05, 0) is 11.6 Å². The van der Waals surface area contributed by atoms with Gasteiger partial charge in [-0.25, -0.2) is 4.99 Å². The number of nitrogens with one attached hydrogen (secondary N) is 1. The number of carbonyl (C=O) groups excluding carboxylic acids is 5. The number of esters is 4. The highest BCUT2D eigenvalue weighted by Gasteiger charge is 2.53. The van der Waals surface area contributed by atoms with Gasteiger partial charge in [0.15, 0.2) is 28.9 Å². The monoisotopic (exact) mass is 534 g/mol. The highest BCUT2D eigenvalue weighted by Crippen LogP contribution is 2.35. The summed E-state index contributed by atoms with van der Waals surface area (Å²) in [6, 6.07) is 9.08. The van der Waals surface area contributed by atoms with Crippen LogP contribution in [0.5, 0.6) is 0 Å². The van der Waals surface area contributed by atoms with Crippen LogP contribution in [-0.2, 0) is 47.7 Å². The summed E-state index contributed by atoms with van der Waals surface area (Å²) in [6.07, 6.45) is -3.36. The van der Waals surface area contributed by atoms with Crippen molar-refractivity contribution in [3.63, 3.8) is 0 Å². The van der Waals surface area contributed by atoms with Crippen LogP contribution in [0.3, 0.4) is 0 Å². The van der Waals surface area contributed by atoms with E-state index in [1.165, 1.54) is 6.92 Å². The molecule has 0 aliphatic carbocycles. The van der Waals surface area contributed by atoms with E-state index < -0.39 is 59.6 Å². The molecule has 0 aromatic heterocycles. The summed E-state index contributed by atoms with van der Waals surface area (Å²) >= 11 is 0.892. The molecule has 1 aromatic carbocycles. The van der Waals surface area contributed by atoms with E-state index in [-0.39, 0.29) is 17.5 Å². The Labute approximate surface area is 216 Å². The third-order valence-electron chi connectivity index (χ3n) is 4.95. The number of amides is 1. The van der Waals surface area contributed by atoms with Crippen LogP contribution in [0.4, 0.5) is 0 Å². The van der Waals surface area contributed by atoms with E-state index in [4.69, 9.17) is 23.7 Å². The van der Waals surface area contributed by atoms with Crippen molar-refractivity contribution in [1.82, 2.24) is 5.32 Å². The molecule has 5 atom stereocenters. The Bertz CT molecular complexity index is 1120. The smallest absolute Gasteiger partial charge is 0.303 e. The zero-order valence-corrected chi connectivity index (χ0v) is 21.3. The van der Waals surface area contributed by atoms with E-state index in [9.17, 15) is 24.0 Å². The molecular weight excluding hydrogens is 508 g/mol. The van der Waals surface area contributed by atoms with Crippen molar-refractivity contribution < 1.29 is 47.7 Å². The molecule has 198 valence electrons. The number of carbonyl (C=O) groups is 5. The number of nitrogens with zero attached hydrogens (tertiary/aromatic N) is 1. The molecule has 12 nitrogen and oxygen atoms in total. The minimum Gasteiger partial charge on any atom is -0.463 e. The van der Waals surface area contributed by atoms with Crippen LogP contribution in [0.15, 0.2) is 41.0 Å². The summed E-state index contributed by atoms with van der Waals surface area (Å²) in [5, 5.41) is 2.75. The van der Waals surface area contributed by atoms with Crippen LogP contribution in [-0.4, -0.2) is 71.4 Å². The molecule has 0 unspecified atom stereocenters. The van der Waals surface area contributed by atoms with E-state index in [2.05, 4.69) is 10.3 Å². The predicted molar refractivity (Wildman–Crippen MR) is 130 cm³/mol. The lowest BCUT2D eigenvalue weighted by Gasteiger charge is -2.44. The van der Waals surface area contributed by atoms with Gasteiger partial charge in [0.25, 0.3) is 5.91 Å². The first kappa shape index (κ1) is 27.9. The molecule has 2 aliphatic rings. The summed E-state index contributed by atoms with van der Waals surface area (Å²) in [6.45, 7) is 4.25. The molecule has 37 heavy (non-hydrogen) atoms. The fourth-order valence-corrected chi connectivity index (χ4v) is 4.67. The molecule has 1 saturated heterocycles. The molecule has 2 aliphatic heterocycles. The second-order valence-electron chi connectivity index (χ2n) is 8.00. The lowest BCUT2D eigenvalue weighted by Crippen LogP contribution is -2.61. The lowest BCUT2D eigenvalue weighted by molar-refractivity contribution is -0.237. The van der Waals surface area contributed by atoms with E-state index in [1.807, 2.05) is 18.2 Å². The van der Waals surface area contributed by atoms with Crippen LogP contribution in [0, 0.1) is 0 Å². The largest absolute Gasteiger partial charge is 0.463 e. The molecule has 13 heteroatoms. The zero-order valence-electron chi connectivity index (χ0n) is 20.5. The van der Waals surface area contributed by atoms with Crippen LogP contribution >= 0.6 is 11.8 Å². The fraction of sp³-hybridized carbons (Fsp3) is 0.417. The van der Waals surface area contributed by atoms with Crippen molar-refractivity contribution in [1.29, 1.82) is 0 Å². The van der Waals surface area contributed by atoms with Gasteiger partial charge in [-0.3, -0.25) is 29.3 Å². The van der Waals surface area contributed by atoms with Crippen molar-refractivity contribution >= 4 is 52.8 Å². The highest BCUT2D eigenvalue weighted by molar-refractivity contribution is 8.14. The Morgan fingerprint density at radius 3 is 2.11 bits per heavy atom. The van der Waals surface area contributed by atoms with Crippen LogP contribution in [0.1, 0.15) is 33.3 Å². The molecule has 0 bridgehead atoms. The average Bonchev–Trinajstić information content (AvgIpc) is 3.14. The standard InChI is InChI=1S/C24H26N2O10S/c1-12(27)32-11-18-19(33-13(2)28)20(34-14(3)29)21(35-15(4)30)23(36-18)37-24-25-17(22(31)26-24)10-16-8-6-5-7-9-16/h5-10,18-21,23H,11H2,1-4H3,(H,25,26,31)/b17-10-/t18-,19-,20+,21-,23+/m1/s1. The van der Waals surface area contributed by atoms with E-state index in [0.29, 0.717) is 0 Å². The quantitative estimate of drug-likeness (QED) is 0.306. The van der Waals surface area contributed by atoms with Gasteiger partial charge in [-0.1, -0.05) is 42.1 Å². The van der Waals surface area contributed by atoms with Crippen molar-refractivity contribution in [3.8, 4) is 0 Å². The number of thioether (sulfide) groups is 1. The molecule has 1 amide bonds. The number of ether oxygens (including phenoxy) is 5. The maximum absolute atomic E-state index is 12.5. The maximum Gasteiger partial charge on any atom is 0.303 e. The second kappa shape index (κ2) is 12.5. The summed E-state index contributed by atoms with van der Waals surface area (Å²) in [4.78, 5) is 64.0. The Morgan fingerprint density at radius 1 is 0.919 bits per heavy atom. The van der Waals surface area contributed by atoms with Gasteiger partial charge in [0.1, 0.15) is 18.4 Å². The van der Waals surface area contributed by atoms with Crippen molar-refractivity contribution in [2.45, 2.75) is 57.5 Å². The summed E-state index contributed by atoms with van der Waals surface area (Å²) in [5.41, 5.74) is -0.204. The highest BCUT2D eigenvalue weighted by atomic mass is 32.2. The lowest BCUT2D eigenvalue weighted by atomic mass is 9.99. The molecule has 0 spiro atoms. The summed E-state index contributed by atoms with van der Waals surface area (Å²) in [7, 11) is 0. The molecule has 1 fully saturated rings. The molecule has 1 aromatic rings. The number of benzene rings is 1. The van der Waals surface area contributed by atoms with Crippen LogP contribution in [0.2, 0.25) is 0 Å². The van der Waals surface area contributed by atoms with Gasteiger partial charge in [0.05, 0.1) is 0 Å². The summed E-state index contributed by atoms with van der Waals surface area (Å²) < 4.78 is 27.2. The molecule has 2 heterocycles. The molecule has 0 radical (unpaired) electrons. The number of aliphatic imine (C=N–C) groups is 1. The van der Waals surface area contributed by atoms with Crippen LogP contribution < -0.4 is 5.32 Å². The fourth-order valence-electron chi connectivity index (χ4n) is 3.60. The molecule has 0 saturated carbocycles. The molecule has 1 N–H and O–H groups in total. The number of rotatable bonds is 7. The maximum atomic E-state index is 12.5. The average molecular weight is 535 g/mol. The Kier molecular flexibility index (Phi) is 9.42. The molecular formula is C24H26N2O10S. The normalized spacial score (nSPS) is 26.1. The van der Waals surface area contributed by atoms with Gasteiger partial charge < -0.3 is 23.7 Å².